The Kier molecular flexibility index (Phi) is 4.69. The molecular formula is C12H14N4O3S2. The van der Waals surface area contributed by atoms with E-state index >= 15 is 0 Å². The molecule has 0 fully saturated rings. The van der Waals surface area contributed by atoms with Gasteiger partial charge in [0.15, 0.2) is 0 Å². The van der Waals surface area contributed by atoms with Crippen molar-refractivity contribution in [1.29, 1.82) is 5.26 Å². The van der Waals surface area contributed by atoms with E-state index in [9.17, 15) is 13.2 Å². The Bertz CT molecular complexity index is 845. The van der Waals surface area contributed by atoms with Crippen LogP contribution in [0.4, 0.5) is 0 Å². The van der Waals surface area contributed by atoms with E-state index in [1.165, 1.54) is 0 Å². The molecule has 2 heterocycles. The molecule has 0 amide bonds. The molecule has 0 saturated carbocycles. The number of rotatable bonds is 6. The van der Waals surface area contributed by atoms with Crippen LogP contribution in [0.5, 0.6) is 0 Å². The summed E-state index contributed by atoms with van der Waals surface area (Å²) in [6.07, 6.45) is 3.43. The molecule has 2 rings (SSSR count). The summed E-state index contributed by atoms with van der Waals surface area (Å²) < 4.78 is 25.1. The lowest BCUT2D eigenvalue weighted by Crippen LogP contribution is -2.15. The SMILES string of the molecule is CCCCCCS(=O)(=O)c1nn2c(=O)cc(C#N)nc2s1. The zero-order chi connectivity index (χ0) is 15.5. The van der Waals surface area contributed by atoms with Crippen molar-refractivity contribution >= 4 is 26.1 Å². The van der Waals surface area contributed by atoms with Crippen molar-refractivity contribution < 1.29 is 8.42 Å². The molecular weight excluding hydrogens is 312 g/mol. The molecule has 0 bridgehead atoms. The van der Waals surface area contributed by atoms with E-state index in [0.29, 0.717) is 6.42 Å². The Morgan fingerprint density at radius 2 is 2.14 bits per heavy atom. The molecule has 0 aliphatic rings. The monoisotopic (exact) mass is 326 g/mol. The molecule has 0 N–H and O–H groups in total. The number of nitrogens with zero attached hydrogens (tertiary/aromatic N) is 4. The summed E-state index contributed by atoms with van der Waals surface area (Å²) in [5, 5.41) is 12.6. The fourth-order valence-electron chi connectivity index (χ4n) is 1.78. The number of hydrogen-bond donors (Lipinski definition) is 0. The van der Waals surface area contributed by atoms with Gasteiger partial charge in [0.05, 0.1) is 5.75 Å². The maximum absolute atomic E-state index is 12.2. The minimum Gasteiger partial charge on any atom is -0.267 e. The first-order valence-electron chi connectivity index (χ1n) is 6.51. The van der Waals surface area contributed by atoms with E-state index < -0.39 is 15.4 Å². The number of aromatic nitrogens is 3. The minimum absolute atomic E-state index is 0.00663. The van der Waals surface area contributed by atoms with E-state index in [2.05, 4.69) is 10.1 Å². The predicted octanol–water partition coefficient (Wildman–Crippen LogP) is 1.38. The first-order chi connectivity index (χ1) is 9.97. The van der Waals surface area contributed by atoms with E-state index in [-0.39, 0.29) is 20.7 Å². The van der Waals surface area contributed by atoms with Gasteiger partial charge < -0.3 is 0 Å². The average Bonchev–Trinajstić information content (AvgIpc) is 2.89. The summed E-state index contributed by atoms with van der Waals surface area (Å²) in [5.41, 5.74) is -0.601. The van der Waals surface area contributed by atoms with Crippen LogP contribution in [0.15, 0.2) is 15.2 Å². The van der Waals surface area contributed by atoms with E-state index in [1.807, 2.05) is 6.92 Å². The van der Waals surface area contributed by atoms with Gasteiger partial charge in [-0.25, -0.2) is 13.4 Å². The topological polar surface area (TPSA) is 105 Å². The van der Waals surface area contributed by atoms with Crippen LogP contribution in [0.25, 0.3) is 4.96 Å². The van der Waals surface area contributed by atoms with Crippen molar-refractivity contribution in [2.75, 3.05) is 5.75 Å². The molecule has 0 aliphatic carbocycles. The van der Waals surface area contributed by atoms with Crippen molar-refractivity contribution in [2.45, 2.75) is 36.9 Å². The summed E-state index contributed by atoms with van der Waals surface area (Å²) in [4.78, 5) is 15.7. The van der Waals surface area contributed by atoms with Crippen LogP contribution < -0.4 is 5.56 Å². The predicted molar refractivity (Wildman–Crippen MR) is 78.0 cm³/mol. The molecule has 7 nitrogen and oxygen atoms in total. The molecule has 0 unspecified atom stereocenters. The van der Waals surface area contributed by atoms with Gasteiger partial charge in [0, 0.05) is 6.07 Å². The highest BCUT2D eigenvalue weighted by molar-refractivity contribution is 7.93. The van der Waals surface area contributed by atoms with Gasteiger partial charge in [0.2, 0.25) is 19.1 Å². The highest BCUT2D eigenvalue weighted by atomic mass is 32.2. The number of hydrogen-bond acceptors (Lipinski definition) is 7. The van der Waals surface area contributed by atoms with Crippen molar-refractivity contribution in [3.63, 3.8) is 0 Å². The van der Waals surface area contributed by atoms with Crippen LogP contribution in [-0.2, 0) is 9.84 Å². The van der Waals surface area contributed by atoms with Gasteiger partial charge in [0.1, 0.15) is 11.8 Å². The first-order valence-corrected chi connectivity index (χ1v) is 8.98. The fraction of sp³-hybridized carbons (Fsp3) is 0.500. The molecule has 0 spiro atoms. The zero-order valence-electron chi connectivity index (χ0n) is 11.4. The smallest absolute Gasteiger partial charge is 0.267 e. The molecule has 0 radical (unpaired) electrons. The van der Waals surface area contributed by atoms with E-state index in [4.69, 9.17) is 5.26 Å². The van der Waals surface area contributed by atoms with Gasteiger partial charge in [0.25, 0.3) is 5.56 Å². The lowest BCUT2D eigenvalue weighted by molar-refractivity contribution is 0.586. The molecule has 9 heteroatoms. The number of sulfone groups is 1. The molecule has 0 atom stereocenters. The maximum Gasteiger partial charge on any atom is 0.276 e. The van der Waals surface area contributed by atoms with E-state index in [1.54, 1.807) is 6.07 Å². The highest BCUT2D eigenvalue weighted by Crippen LogP contribution is 2.19. The third-order valence-electron chi connectivity index (χ3n) is 2.87. The second kappa shape index (κ2) is 6.32. The number of unbranched alkanes of at least 4 members (excludes halogenated alkanes) is 3. The van der Waals surface area contributed by atoms with Gasteiger partial charge >= 0.3 is 0 Å². The Morgan fingerprint density at radius 3 is 2.81 bits per heavy atom. The lowest BCUT2D eigenvalue weighted by Gasteiger charge is -1.99. The molecule has 2 aromatic heterocycles. The Hall–Kier alpha value is -1.79. The second-order valence-corrected chi connectivity index (χ2v) is 7.77. The molecule has 112 valence electrons. The third kappa shape index (κ3) is 3.46. The maximum atomic E-state index is 12.2. The van der Waals surface area contributed by atoms with Crippen LogP contribution in [0.3, 0.4) is 0 Å². The van der Waals surface area contributed by atoms with Crippen LogP contribution in [0.2, 0.25) is 0 Å². The summed E-state index contributed by atoms with van der Waals surface area (Å²) in [5.74, 6) is 0.00663. The standard InChI is InChI=1S/C12H14N4O3S2/c1-2-3-4-5-6-21(18,19)12-15-16-10(17)7-9(8-13)14-11(16)20-12/h7H,2-6H2,1H3. The zero-order valence-corrected chi connectivity index (χ0v) is 13.1. The van der Waals surface area contributed by atoms with Crippen LogP contribution >= 0.6 is 11.3 Å². The molecule has 2 aromatic rings. The van der Waals surface area contributed by atoms with Gasteiger partial charge in [-0.05, 0) is 6.42 Å². The first kappa shape index (κ1) is 15.6. The van der Waals surface area contributed by atoms with Gasteiger partial charge in [-0.15, -0.1) is 5.10 Å². The normalized spacial score (nSPS) is 11.6. The molecule has 21 heavy (non-hydrogen) atoms. The summed E-state index contributed by atoms with van der Waals surface area (Å²) in [6, 6.07) is 2.79. The van der Waals surface area contributed by atoms with E-state index in [0.717, 1.165) is 41.2 Å². The number of fused-ring (bicyclic) bond motifs is 1. The minimum atomic E-state index is -3.51. The van der Waals surface area contributed by atoms with Gasteiger partial charge in [-0.2, -0.15) is 9.78 Å². The summed E-state index contributed by atoms with van der Waals surface area (Å²) >= 11 is 0.813. The van der Waals surface area contributed by atoms with Gasteiger partial charge in [-0.1, -0.05) is 37.5 Å². The second-order valence-electron chi connectivity index (χ2n) is 4.53. The third-order valence-corrected chi connectivity index (χ3v) is 6.03. The van der Waals surface area contributed by atoms with Crippen molar-refractivity contribution in [3.8, 4) is 6.07 Å². The van der Waals surface area contributed by atoms with Crippen LogP contribution in [-0.4, -0.2) is 28.8 Å². The van der Waals surface area contributed by atoms with Crippen LogP contribution in [0.1, 0.15) is 38.3 Å². The van der Waals surface area contributed by atoms with Crippen molar-refractivity contribution in [1.82, 2.24) is 14.6 Å². The Morgan fingerprint density at radius 1 is 1.38 bits per heavy atom. The largest absolute Gasteiger partial charge is 0.276 e. The van der Waals surface area contributed by atoms with Crippen molar-refractivity contribution in [2.24, 2.45) is 0 Å². The molecule has 0 aliphatic heterocycles. The average molecular weight is 326 g/mol. The van der Waals surface area contributed by atoms with Crippen LogP contribution in [0, 0.1) is 11.3 Å². The highest BCUT2D eigenvalue weighted by Gasteiger charge is 2.21. The quantitative estimate of drug-likeness (QED) is 0.742. The molecule has 0 saturated heterocycles. The van der Waals surface area contributed by atoms with Gasteiger partial charge in [-0.3, -0.25) is 4.79 Å². The lowest BCUT2D eigenvalue weighted by atomic mass is 10.2. The summed E-state index contributed by atoms with van der Waals surface area (Å²) in [7, 11) is -3.51. The summed E-state index contributed by atoms with van der Waals surface area (Å²) in [6.45, 7) is 2.05. The fourth-order valence-corrected chi connectivity index (χ4v) is 4.37. The Balaban J connectivity index is 2.32. The number of nitriles is 1. The Labute approximate surface area is 125 Å². The van der Waals surface area contributed by atoms with Crippen molar-refractivity contribution in [3.05, 3.63) is 22.1 Å². The molecule has 0 aromatic carbocycles.